The van der Waals surface area contributed by atoms with Crippen molar-refractivity contribution in [2.45, 2.75) is 25.7 Å². The Morgan fingerprint density at radius 1 is 1.00 bits per heavy atom. The summed E-state index contributed by atoms with van der Waals surface area (Å²) in [5.41, 5.74) is 1.03. The molecule has 1 saturated heterocycles. The number of carbonyl (C=O) groups is 3. The Bertz CT molecular complexity index is 799. The van der Waals surface area contributed by atoms with Crippen LogP contribution in [0.5, 0.6) is 0 Å². The summed E-state index contributed by atoms with van der Waals surface area (Å²) in [6, 6.07) is 10.6. The average Bonchev–Trinajstić information content (AvgIpc) is 3.23. The average molecular weight is 385 g/mol. The SMILES string of the molecule is O=C(CCNC(=O)c1cccs1)Nc1ccccc1C(=O)N1CCCCC1. The first-order valence-corrected chi connectivity index (χ1v) is 10.0. The predicted molar refractivity (Wildman–Crippen MR) is 106 cm³/mol. The molecule has 1 fully saturated rings. The third-order valence-corrected chi connectivity index (χ3v) is 5.33. The van der Waals surface area contributed by atoms with E-state index in [1.807, 2.05) is 16.3 Å². The van der Waals surface area contributed by atoms with Crippen LogP contribution in [0.3, 0.4) is 0 Å². The molecule has 3 amide bonds. The molecule has 0 saturated carbocycles. The molecule has 142 valence electrons. The lowest BCUT2D eigenvalue weighted by atomic mass is 10.1. The molecule has 3 rings (SSSR count). The molecule has 2 N–H and O–H groups in total. The number of amides is 3. The van der Waals surface area contributed by atoms with Gasteiger partial charge in [-0.3, -0.25) is 14.4 Å². The molecule has 1 aliphatic rings. The maximum Gasteiger partial charge on any atom is 0.261 e. The fourth-order valence-corrected chi connectivity index (χ4v) is 3.68. The summed E-state index contributed by atoms with van der Waals surface area (Å²) in [6.45, 7) is 1.76. The zero-order valence-electron chi connectivity index (χ0n) is 15.1. The van der Waals surface area contributed by atoms with Gasteiger partial charge in [-0.05, 0) is 42.8 Å². The summed E-state index contributed by atoms with van der Waals surface area (Å²) in [5.74, 6) is -0.463. The van der Waals surface area contributed by atoms with Gasteiger partial charge in [0.2, 0.25) is 5.91 Å². The van der Waals surface area contributed by atoms with Crippen molar-refractivity contribution in [2.75, 3.05) is 25.0 Å². The quantitative estimate of drug-likeness (QED) is 0.802. The number of benzene rings is 1. The first-order chi connectivity index (χ1) is 13.1. The van der Waals surface area contributed by atoms with Crippen LogP contribution < -0.4 is 10.6 Å². The molecule has 7 heteroatoms. The Kier molecular flexibility index (Phi) is 6.59. The van der Waals surface area contributed by atoms with E-state index in [4.69, 9.17) is 0 Å². The second-order valence-corrected chi connectivity index (χ2v) is 7.38. The highest BCUT2D eigenvalue weighted by atomic mass is 32.1. The lowest BCUT2D eigenvalue weighted by Crippen LogP contribution is -2.36. The fourth-order valence-electron chi connectivity index (χ4n) is 3.04. The van der Waals surface area contributed by atoms with E-state index in [1.165, 1.54) is 11.3 Å². The van der Waals surface area contributed by atoms with E-state index in [-0.39, 0.29) is 30.7 Å². The molecule has 1 aromatic carbocycles. The summed E-state index contributed by atoms with van der Waals surface area (Å²) in [5, 5.41) is 7.36. The van der Waals surface area contributed by atoms with Crippen molar-refractivity contribution in [1.29, 1.82) is 0 Å². The largest absolute Gasteiger partial charge is 0.351 e. The molecular formula is C20H23N3O3S. The summed E-state index contributed by atoms with van der Waals surface area (Å²) in [7, 11) is 0. The number of nitrogens with one attached hydrogen (secondary N) is 2. The molecule has 0 bridgehead atoms. The van der Waals surface area contributed by atoms with Crippen LogP contribution in [0.2, 0.25) is 0 Å². The van der Waals surface area contributed by atoms with Gasteiger partial charge in [0, 0.05) is 26.1 Å². The molecule has 2 heterocycles. The van der Waals surface area contributed by atoms with E-state index >= 15 is 0 Å². The third kappa shape index (κ3) is 5.17. The maximum atomic E-state index is 12.8. The van der Waals surface area contributed by atoms with Crippen LogP contribution in [0.15, 0.2) is 41.8 Å². The smallest absolute Gasteiger partial charge is 0.261 e. The Morgan fingerprint density at radius 3 is 2.52 bits per heavy atom. The summed E-state index contributed by atoms with van der Waals surface area (Å²) in [6.07, 6.45) is 3.33. The monoisotopic (exact) mass is 385 g/mol. The number of thiophene rings is 1. The molecular weight excluding hydrogens is 362 g/mol. The predicted octanol–water partition coefficient (Wildman–Crippen LogP) is 3.13. The van der Waals surface area contributed by atoms with Crippen LogP contribution in [0.1, 0.15) is 45.7 Å². The number of anilines is 1. The Morgan fingerprint density at radius 2 is 1.78 bits per heavy atom. The summed E-state index contributed by atoms with van der Waals surface area (Å²) >= 11 is 1.36. The summed E-state index contributed by atoms with van der Waals surface area (Å²) < 4.78 is 0. The topological polar surface area (TPSA) is 78.5 Å². The Hall–Kier alpha value is -2.67. The maximum absolute atomic E-state index is 12.8. The van der Waals surface area contributed by atoms with E-state index in [2.05, 4.69) is 10.6 Å². The van der Waals surface area contributed by atoms with Crippen LogP contribution in [-0.4, -0.2) is 42.3 Å². The minimum Gasteiger partial charge on any atom is -0.351 e. The Balaban J connectivity index is 1.54. The normalized spacial score (nSPS) is 13.9. The highest BCUT2D eigenvalue weighted by molar-refractivity contribution is 7.12. The van der Waals surface area contributed by atoms with Gasteiger partial charge in [-0.15, -0.1) is 11.3 Å². The molecule has 27 heavy (non-hydrogen) atoms. The van der Waals surface area contributed by atoms with E-state index < -0.39 is 0 Å². The van der Waals surface area contributed by atoms with Crippen molar-refractivity contribution < 1.29 is 14.4 Å². The number of hydrogen-bond donors (Lipinski definition) is 2. The van der Waals surface area contributed by atoms with Crippen molar-refractivity contribution >= 4 is 34.7 Å². The van der Waals surface area contributed by atoms with Crippen LogP contribution in [-0.2, 0) is 4.79 Å². The van der Waals surface area contributed by atoms with Crippen molar-refractivity contribution in [1.82, 2.24) is 10.2 Å². The molecule has 0 spiro atoms. The van der Waals surface area contributed by atoms with E-state index in [1.54, 1.807) is 30.3 Å². The summed E-state index contributed by atoms with van der Waals surface area (Å²) in [4.78, 5) is 39.3. The van der Waals surface area contributed by atoms with Crippen molar-refractivity contribution in [3.05, 3.63) is 52.2 Å². The number of nitrogens with zero attached hydrogens (tertiary/aromatic N) is 1. The van der Waals surface area contributed by atoms with Crippen LogP contribution in [0.4, 0.5) is 5.69 Å². The van der Waals surface area contributed by atoms with E-state index in [0.29, 0.717) is 16.1 Å². The zero-order chi connectivity index (χ0) is 19.1. The number of rotatable bonds is 6. The molecule has 1 aliphatic heterocycles. The highest BCUT2D eigenvalue weighted by Gasteiger charge is 2.21. The number of likely N-dealkylation sites (tertiary alicyclic amines) is 1. The second-order valence-electron chi connectivity index (χ2n) is 6.43. The van der Waals surface area contributed by atoms with Gasteiger partial charge in [0.1, 0.15) is 0 Å². The molecule has 0 unspecified atom stereocenters. The van der Waals surface area contributed by atoms with Crippen LogP contribution in [0.25, 0.3) is 0 Å². The van der Waals surface area contributed by atoms with Crippen LogP contribution >= 0.6 is 11.3 Å². The molecule has 0 radical (unpaired) electrons. The first kappa shape index (κ1) is 19.1. The third-order valence-electron chi connectivity index (χ3n) is 4.46. The minimum atomic E-state index is -0.236. The van der Waals surface area contributed by atoms with Gasteiger partial charge in [0.25, 0.3) is 11.8 Å². The molecule has 2 aromatic rings. The van der Waals surface area contributed by atoms with Gasteiger partial charge in [-0.1, -0.05) is 18.2 Å². The minimum absolute atomic E-state index is 0.0448. The molecule has 0 atom stereocenters. The molecule has 6 nitrogen and oxygen atoms in total. The number of hydrogen-bond acceptors (Lipinski definition) is 4. The van der Waals surface area contributed by atoms with Crippen molar-refractivity contribution in [3.63, 3.8) is 0 Å². The zero-order valence-corrected chi connectivity index (χ0v) is 15.9. The van der Waals surface area contributed by atoms with Gasteiger partial charge >= 0.3 is 0 Å². The standard InChI is InChI=1S/C20H23N3O3S/c24-18(10-11-21-19(25)17-9-6-14-27-17)22-16-8-3-2-7-15(16)20(26)23-12-4-1-5-13-23/h2-3,6-9,14H,1,4-5,10-13H2,(H,21,25)(H,22,24). The van der Waals surface area contributed by atoms with Crippen molar-refractivity contribution in [2.24, 2.45) is 0 Å². The van der Waals surface area contributed by atoms with Gasteiger partial charge in [0.05, 0.1) is 16.1 Å². The number of piperidine rings is 1. The van der Waals surface area contributed by atoms with Gasteiger partial charge in [-0.2, -0.15) is 0 Å². The Labute approximate surface area is 162 Å². The highest BCUT2D eigenvalue weighted by Crippen LogP contribution is 2.20. The van der Waals surface area contributed by atoms with Gasteiger partial charge < -0.3 is 15.5 Å². The van der Waals surface area contributed by atoms with E-state index in [9.17, 15) is 14.4 Å². The molecule has 0 aliphatic carbocycles. The second kappa shape index (κ2) is 9.32. The lowest BCUT2D eigenvalue weighted by Gasteiger charge is -2.27. The molecule has 1 aromatic heterocycles. The first-order valence-electron chi connectivity index (χ1n) is 9.15. The number of para-hydroxylation sites is 1. The van der Waals surface area contributed by atoms with Crippen LogP contribution in [0, 0.1) is 0 Å². The van der Waals surface area contributed by atoms with Gasteiger partial charge in [0.15, 0.2) is 0 Å². The fraction of sp³-hybridized carbons (Fsp3) is 0.350. The number of carbonyl (C=O) groups excluding carboxylic acids is 3. The lowest BCUT2D eigenvalue weighted by molar-refractivity contribution is -0.116. The van der Waals surface area contributed by atoms with Crippen molar-refractivity contribution in [3.8, 4) is 0 Å². The van der Waals surface area contributed by atoms with E-state index in [0.717, 1.165) is 32.4 Å². The van der Waals surface area contributed by atoms with Gasteiger partial charge in [-0.25, -0.2) is 0 Å².